The molecule has 0 aromatic carbocycles. The van der Waals surface area contributed by atoms with Gasteiger partial charge in [0.25, 0.3) is 0 Å². The van der Waals surface area contributed by atoms with Crippen LogP contribution in [0.25, 0.3) is 0 Å². The van der Waals surface area contributed by atoms with Gasteiger partial charge in [0.05, 0.1) is 0 Å². The smallest absolute Gasteiger partial charge is 0.246 e. The Morgan fingerprint density at radius 3 is 2.25 bits per heavy atom. The maximum absolute atomic E-state index is 10.2. The lowest BCUT2D eigenvalue weighted by molar-refractivity contribution is -0.114. The van der Waals surface area contributed by atoms with Crippen molar-refractivity contribution in [2.45, 2.75) is 13.3 Å². The summed E-state index contributed by atoms with van der Waals surface area (Å²) >= 11 is 0. The van der Waals surface area contributed by atoms with Crippen molar-refractivity contribution in [1.29, 1.82) is 0 Å². The van der Waals surface area contributed by atoms with Gasteiger partial charge in [-0.3, -0.25) is 4.79 Å². The Hall–Kier alpha value is -0.990. The molecule has 0 atom stereocenters. The lowest BCUT2D eigenvalue weighted by atomic mass is 10.2. The predicted molar refractivity (Wildman–Crippen MR) is 31.8 cm³/mol. The molecule has 1 amide bonds. The van der Waals surface area contributed by atoms with E-state index in [2.05, 4.69) is 0 Å². The zero-order valence-corrected chi connectivity index (χ0v) is 4.85. The van der Waals surface area contributed by atoms with Crippen LogP contribution < -0.4 is 11.5 Å². The van der Waals surface area contributed by atoms with Crippen LogP contribution in [-0.2, 0) is 4.79 Å². The number of nitrogens with two attached hydrogens (primary N) is 2. The molecule has 0 saturated carbocycles. The molecule has 0 aliphatic heterocycles. The summed E-state index contributed by atoms with van der Waals surface area (Å²) < 4.78 is 0. The van der Waals surface area contributed by atoms with E-state index in [0.717, 1.165) is 0 Å². The van der Waals surface area contributed by atoms with E-state index in [1.165, 1.54) is 6.20 Å². The Labute approximate surface area is 48.4 Å². The van der Waals surface area contributed by atoms with Crippen molar-refractivity contribution < 1.29 is 4.79 Å². The van der Waals surface area contributed by atoms with Gasteiger partial charge in [-0.25, -0.2) is 0 Å². The molecule has 0 radical (unpaired) electrons. The van der Waals surface area contributed by atoms with E-state index in [1.54, 1.807) is 0 Å². The van der Waals surface area contributed by atoms with Gasteiger partial charge in [-0.2, -0.15) is 0 Å². The Balaban J connectivity index is 3.92. The van der Waals surface area contributed by atoms with Crippen LogP contribution in [-0.4, -0.2) is 5.91 Å². The molecular formula is C5H10N2O. The van der Waals surface area contributed by atoms with Crippen LogP contribution in [0.3, 0.4) is 0 Å². The molecule has 0 spiro atoms. The molecule has 3 heteroatoms. The SMILES string of the molecule is CC/C(=C/N)C(N)=O. The van der Waals surface area contributed by atoms with Crippen LogP contribution in [0, 0.1) is 0 Å². The van der Waals surface area contributed by atoms with Gasteiger partial charge in [-0.1, -0.05) is 6.92 Å². The van der Waals surface area contributed by atoms with Crippen molar-refractivity contribution in [3.05, 3.63) is 11.8 Å². The Morgan fingerprint density at radius 1 is 1.75 bits per heavy atom. The third kappa shape index (κ3) is 1.64. The number of hydrogen-bond acceptors (Lipinski definition) is 2. The molecule has 8 heavy (non-hydrogen) atoms. The standard InChI is InChI=1S/C5H10N2O/c1-2-4(3-6)5(7)8/h3H,2,6H2,1H3,(H2,7,8)/b4-3-. The van der Waals surface area contributed by atoms with Crippen LogP contribution in [0.1, 0.15) is 13.3 Å². The Morgan fingerprint density at radius 2 is 2.25 bits per heavy atom. The van der Waals surface area contributed by atoms with Crippen molar-refractivity contribution >= 4 is 5.91 Å². The molecule has 0 heterocycles. The van der Waals surface area contributed by atoms with E-state index < -0.39 is 5.91 Å². The predicted octanol–water partition coefficient (Wildman–Crippen LogP) is -0.276. The molecule has 0 rings (SSSR count). The van der Waals surface area contributed by atoms with E-state index in [1.807, 2.05) is 6.92 Å². The summed E-state index contributed by atoms with van der Waals surface area (Å²) in [5, 5.41) is 0. The number of carbonyl (C=O) groups excluding carboxylic acids is 1. The summed E-state index contributed by atoms with van der Waals surface area (Å²) in [5.74, 6) is -0.435. The lowest BCUT2D eigenvalue weighted by Crippen LogP contribution is -2.14. The van der Waals surface area contributed by atoms with Crippen molar-refractivity contribution in [3.8, 4) is 0 Å². The van der Waals surface area contributed by atoms with E-state index in [-0.39, 0.29) is 0 Å². The first-order chi connectivity index (χ1) is 3.72. The summed E-state index contributed by atoms with van der Waals surface area (Å²) in [4.78, 5) is 10.2. The molecule has 0 aliphatic carbocycles. The van der Waals surface area contributed by atoms with E-state index in [9.17, 15) is 4.79 Å². The maximum Gasteiger partial charge on any atom is 0.246 e. The fourth-order valence-corrected chi connectivity index (χ4v) is 0.374. The van der Waals surface area contributed by atoms with E-state index >= 15 is 0 Å². The first-order valence-electron chi connectivity index (χ1n) is 2.43. The van der Waals surface area contributed by atoms with Gasteiger partial charge >= 0.3 is 0 Å². The second kappa shape index (κ2) is 3.07. The van der Waals surface area contributed by atoms with Gasteiger partial charge in [0.15, 0.2) is 0 Å². The minimum atomic E-state index is -0.435. The summed E-state index contributed by atoms with van der Waals surface area (Å²) in [6.45, 7) is 1.82. The number of primary amides is 1. The summed E-state index contributed by atoms with van der Waals surface area (Å²) in [5.41, 5.74) is 10.4. The third-order valence-electron chi connectivity index (χ3n) is 0.899. The first kappa shape index (κ1) is 7.01. The van der Waals surface area contributed by atoms with E-state index in [0.29, 0.717) is 12.0 Å². The van der Waals surface area contributed by atoms with Gasteiger partial charge in [0.2, 0.25) is 5.91 Å². The molecule has 46 valence electrons. The number of carbonyl (C=O) groups is 1. The van der Waals surface area contributed by atoms with E-state index in [4.69, 9.17) is 11.5 Å². The fourth-order valence-electron chi connectivity index (χ4n) is 0.374. The van der Waals surface area contributed by atoms with Gasteiger partial charge < -0.3 is 11.5 Å². The van der Waals surface area contributed by atoms with Gasteiger partial charge in [-0.05, 0) is 6.42 Å². The molecule has 0 aromatic rings. The number of hydrogen-bond donors (Lipinski definition) is 2. The highest BCUT2D eigenvalue weighted by molar-refractivity contribution is 5.91. The normalized spacial score (nSPS) is 11.4. The second-order valence-electron chi connectivity index (χ2n) is 1.41. The maximum atomic E-state index is 10.2. The van der Waals surface area contributed by atoms with Crippen molar-refractivity contribution in [1.82, 2.24) is 0 Å². The summed E-state index contributed by atoms with van der Waals surface area (Å²) in [6, 6.07) is 0. The van der Waals surface area contributed by atoms with Gasteiger partial charge in [0.1, 0.15) is 0 Å². The molecule has 0 bridgehead atoms. The zero-order valence-electron chi connectivity index (χ0n) is 4.85. The third-order valence-corrected chi connectivity index (χ3v) is 0.899. The van der Waals surface area contributed by atoms with Crippen molar-refractivity contribution in [2.24, 2.45) is 11.5 Å². The highest BCUT2D eigenvalue weighted by Gasteiger charge is 1.97. The molecule has 0 aromatic heterocycles. The summed E-state index contributed by atoms with van der Waals surface area (Å²) in [7, 11) is 0. The average molecular weight is 114 g/mol. The molecule has 0 fully saturated rings. The largest absolute Gasteiger partial charge is 0.404 e. The number of amides is 1. The molecule has 0 saturated heterocycles. The zero-order chi connectivity index (χ0) is 6.57. The molecule has 3 nitrogen and oxygen atoms in total. The quantitative estimate of drug-likeness (QED) is 0.485. The number of rotatable bonds is 2. The monoisotopic (exact) mass is 114 g/mol. The average Bonchev–Trinajstić information content (AvgIpc) is 1.69. The Kier molecular flexibility index (Phi) is 2.69. The fraction of sp³-hybridized carbons (Fsp3) is 0.400. The highest BCUT2D eigenvalue weighted by Crippen LogP contribution is 1.93. The van der Waals surface area contributed by atoms with Crippen LogP contribution in [0.4, 0.5) is 0 Å². The van der Waals surface area contributed by atoms with Crippen molar-refractivity contribution in [2.75, 3.05) is 0 Å². The van der Waals surface area contributed by atoms with Crippen LogP contribution in [0.2, 0.25) is 0 Å². The minimum Gasteiger partial charge on any atom is -0.404 e. The molecule has 4 N–H and O–H groups in total. The molecule has 0 aliphatic rings. The van der Waals surface area contributed by atoms with Crippen LogP contribution in [0.15, 0.2) is 11.8 Å². The van der Waals surface area contributed by atoms with Crippen LogP contribution >= 0.6 is 0 Å². The first-order valence-corrected chi connectivity index (χ1v) is 2.43. The lowest BCUT2D eigenvalue weighted by Gasteiger charge is -1.92. The highest BCUT2D eigenvalue weighted by atomic mass is 16.1. The van der Waals surface area contributed by atoms with Gasteiger partial charge in [-0.15, -0.1) is 0 Å². The Bertz CT molecular complexity index is 118. The molecule has 0 unspecified atom stereocenters. The van der Waals surface area contributed by atoms with Crippen LogP contribution in [0.5, 0.6) is 0 Å². The van der Waals surface area contributed by atoms with Crippen molar-refractivity contribution in [3.63, 3.8) is 0 Å². The summed E-state index contributed by atoms with van der Waals surface area (Å²) in [6.07, 6.45) is 1.84. The molecular weight excluding hydrogens is 104 g/mol. The second-order valence-corrected chi connectivity index (χ2v) is 1.41. The minimum absolute atomic E-state index is 0.435. The topological polar surface area (TPSA) is 69.1 Å². The van der Waals surface area contributed by atoms with Gasteiger partial charge in [0, 0.05) is 11.8 Å².